The Hall–Kier alpha value is -1.92. The maximum atomic E-state index is 12.9. The van der Waals surface area contributed by atoms with Crippen molar-refractivity contribution in [1.29, 1.82) is 0 Å². The lowest BCUT2D eigenvalue weighted by Gasteiger charge is -2.22. The number of hydrogen-bond donors (Lipinski definition) is 3. The zero-order chi connectivity index (χ0) is 16.0. The monoisotopic (exact) mass is 303 g/mol. The molecular weight excluding hydrogens is 283 g/mol. The van der Waals surface area contributed by atoms with Crippen LogP contribution < -0.4 is 11.1 Å². The van der Waals surface area contributed by atoms with Crippen molar-refractivity contribution in [2.24, 2.45) is 16.8 Å². The molecule has 0 aliphatic heterocycles. The van der Waals surface area contributed by atoms with Gasteiger partial charge < -0.3 is 16.3 Å². The molecule has 4 N–H and O–H groups in total. The number of amidine groups is 1. The maximum absolute atomic E-state index is 12.9. The SMILES string of the molecule is CCc1cccc(CC)c1NCC(/C(N)=N/O)C(F)(F)F. The molecular formula is C14H20F3N3O. The first-order valence-electron chi connectivity index (χ1n) is 6.73. The Morgan fingerprint density at radius 2 is 1.81 bits per heavy atom. The molecule has 0 bridgehead atoms. The summed E-state index contributed by atoms with van der Waals surface area (Å²) in [7, 11) is 0. The highest BCUT2D eigenvalue weighted by Crippen LogP contribution is 2.28. The molecule has 0 aliphatic carbocycles. The molecule has 118 valence electrons. The Kier molecular flexibility index (Phi) is 5.87. The third kappa shape index (κ3) is 4.27. The number of alkyl halides is 3. The molecule has 4 nitrogen and oxygen atoms in total. The van der Waals surface area contributed by atoms with Crippen LogP contribution in [0.2, 0.25) is 0 Å². The summed E-state index contributed by atoms with van der Waals surface area (Å²) in [6.07, 6.45) is -3.16. The summed E-state index contributed by atoms with van der Waals surface area (Å²) in [5, 5.41) is 13.8. The van der Waals surface area contributed by atoms with Gasteiger partial charge in [0.25, 0.3) is 0 Å². The zero-order valence-electron chi connectivity index (χ0n) is 12.0. The predicted octanol–water partition coefficient (Wildman–Crippen LogP) is 3.15. The fourth-order valence-corrected chi connectivity index (χ4v) is 2.13. The Bertz CT molecular complexity index is 478. The van der Waals surface area contributed by atoms with Crippen LogP contribution in [-0.2, 0) is 12.8 Å². The van der Waals surface area contributed by atoms with E-state index < -0.39 is 24.5 Å². The number of nitrogens with one attached hydrogen (secondary N) is 1. The second-order valence-electron chi connectivity index (χ2n) is 4.66. The smallest absolute Gasteiger partial charge is 0.400 e. The molecule has 0 amide bonds. The van der Waals surface area contributed by atoms with Gasteiger partial charge >= 0.3 is 6.18 Å². The summed E-state index contributed by atoms with van der Waals surface area (Å²) in [6.45, 7) is 3.40. The fourth-order valence-electron chi connectivity index (χ4n) is 2.13. The molecule has 0 saturated carbocycles. The van der Waals surface area contributed by atoms with Gasteiger partial charge in [0.2, 0.25) is 0 Å². The van der Waals surface area contributed by atoms with Crippen molar-refractivity contribution in [3.63, 3.8) is 0 Å². The van der Waals surface area contributed by atoms with Crippen molar-refractivity contribution in [3.8, 4) is 0 Å². The lowest BCUT2D eigenvalue weighted by Crippen LogP contribution is -2.40. The van der Waals surface area contributed by atoms with E-state index in [0.29, 0.717) is 18.5 Å². The van der Waals surface area contributed by atoms with Gasteiger partial charge in [-0.15, -0.1) is 0 Å². The number of nitrogens with zero attached hydrogens (tertiary/aromatic N) is 1. The minimum Gasteiger partial charge on any atom is -0.409 e. The number of halogens is 3. The average Bonchev–Trinajstić information content (AvgIpc) is 2.45. The Labute approximate surface area is 121 Å². The molecule has 0 aliphatic rings. The van der Waals surface area contributed by atoms with Crippen LogP contribution in [0.4, 0.5) is 18.9 Å². The molecule has 1 aromatic rings. The minimum atomic E-state index is -4.57. The van der Waals surface area contributed by atoms with E-state index in [4.69, 9.17) is 10.9 Å². The second kappa shape index (κ2) is 7.19. The van der Waals surface area contributed by atoms with Crippen molar-refractivity contribution < 1.29 is 18.4 Å². The van der Waals surface area contributed by atoms with Gasteiger partial charge in [0.15, 0.2) is 5.84 Å². The summed E-state index contributed by atoms with van der Waals surface area (Å²) < 4.78 is 38.7. The first-order valence-corrected chi connectivity index (χ1v) is 6.73. The van der Waals surface area contributed by atoms with Crippen LogP contribution in [0.1, 0.15) is 25.0 Å². The highest BCUT2D eigenvalue weighted by Gasteiger charge is 2.42. The van der Waals surface area contributed by atoms with Gasteiger partial charge in [-0.1, -0.05) is 37.2 Å². The predicted molar refractivity (Wildman–Crippen MR) is 76.6 cm³/mol. The topological polar surface area (TPSA) is 70.6 Å². The second-order valence-corrected chi connectivity index (χ2v) is 4.66. The van der Waals surface area contributed by atoms with Crippen molar-refractivity contribution in [1.82, 2.24) is 0 Å². The first kappa shape index (κ1) is 17.1. The Morgan fingerprint density at radius 3 is 2.19 bits per heavy atom. The molecule has 0 fully saturated rings. The average molecular weight is 303 g/mol. The number of rotatable bonds is 6. The summed E-state index contributed by atoms with van der Waals surface area (Å²) in [5.74, 6) is -2.88. The van der Waals surface area contributed by atoms with Gasteiger partial charge in [-0.3, -0.25) is 0 Å². The summed E-state index contributed by atoms with van der Waals surface area (Å²) in [6, 6.07) is 5.62. The Morgan fingerprint density at radius 1 is 1.29 bits per heavy atom. The van der Waals surface area contributed by atoms with Crippen LogP contribution in [-0.4, -0.2) is 23.8 Å². The van der Waals surface area contributed by atoms with Gasteiger partial charge in [-0.25, -0.2) is 0 Å². The van der Waals surface area contributed by atoms with E-state index >= 15 is 0 Å². The van der Waals surface area contributed by atoms with Crippen LogP contribution in [0.5, 0.6) is 0 Å². The van der Waals surface area contributed by atoms with Crippen LogP contribution in [0.3, 0.4) is 0 Å². The van der Waals surface area contributed by atoms with Gasteiger partial charge in [0.1, 0.15) is 5.92 Å². The van der Waals surface area contributed by atoms with Gasteiger partial charge in [0, 0.05) is 12.2 Å². The van der Waals surface area contributed by atoms with Crippen LogP contribution in [0, 0.1) is 5.92 Å². The number of aryl methyl sites for hydroxylation is 2. The molecule has 1 rings (SSSR count). The quantitative estimate of drug-likeness (QED) is 0.327. The number of hydrogen-bond acceptors (Lipinski definition) is 3. The molecule has 0 radical (unpaired) electrons. The van der Waals surface area contributed by atoms with E-state index in [2.05, 4.69) is 10.5 Å². The van der Waals surface area contributed by atoms with Crippen molar-refractivity contribution in [2.45, 2.75) is 32.9 Å². The number of benzene rings is 1. The molecule has 0 saturated heterocycles. The lowest BCUT2D eigenvalue weighted by atomic mass is 10.0. The summed E-state index contributed by atoms with van der Waals surface area (Å²) in [4.78, 5) is 0. The van der Waals surface area contributed by atoms with E-state index in [-0.39, 0.29) is 0 Å². The molecule has 1 aromatic carbocycles. The highest BCUT2D eigenvalue weighted by molar-refractivity contribution is 5.83. The molecule has 0 aromatic heterocycles. The fraction of sp³-hybridized carbons (Fsp3) is 0.500. The maximum Gasteiger partial charge on any atom is 0.400 e. The van der Waals surface area contributed by atoms with Gasteiger partial charge in [-0.2, -0.15) is 13.2 Å². The van der Waals surface area contributed by atoms with E-state index in [0.717, 1.165) is 11.1 Å². The number of oxime groups is 1. The normalized spacial score (nSPS) is 14.0. The summed E-state index contributed by atoms with van der Waals surface area (Å²) in [5.41, 5.74) is 7.72. The molecule has 7 heteroatoms. The zero-order valence-corrected chi connectivity index (χ0v) is 12.0. The molecule has 0 spiro atoms. The molecule has 0 heterocycles. The first-order chi connectivity index (χ1) is 9.85. The van der Waals surface area contributed by atoms with Gasteiger partial charge in [-0.05, 0) is 24.0 Å². The molecule has 21 heavy (non-hydrogen) atoms. The van der Waals surface area contributed by atoms with E-state index in [9.17, 15) is 13.2 Å². The largest absolute Gasteiger partial charge is 0.409 e. The van der Waals surface area contributed by atoms with Gasteiger partial charge in [0.05, 0.1) is 0 Å². The van der Waals surface area contributed by atoms with Crippen molar-refractivity contribution in [3.05, 3.63) is 29.3 Å². The lowest BCUT2D eigenvalue weighted by molar-refractivity contribution is -0.152. The standard InChI is InChI=1S/C14H20F3N3O/c1-3-9-6-5-7-10(4-2)12(9)19-8-11(13(18)20-21)14(15,16)17/h5-7,11,19,21H,3-4,8H2,1-2H3,(H2,18,20). The summed E-state index contributed by atoms with van der Waals surface area (Å²) >= 11 is 0. The number of anilines is 1. The van der Waals surface area contributed by atoms with Crippen LogP contribution >= 0.6 is 0 Å². The number of nitrogens with two attached hydrogens (primary N) is 1. The highest BCUT2D eigenvalue weighted by atomic mass is 19.4. The van der Waals surface area contributed by atoms with Crippen LogP contribution in [0.25, 0.3) is 0 Å². The third-order valence-corrected chi connectivity index (χ3v) is 3.35. The van der Waals surface area contributed by atoms with E-state index in [1.807, 2.05) is 32.0 Å². The van der Waals surface area contributed by atoms with Crippen molar-refractivity contribution >= 4 is 11.5 Å². The third-order valence-electron chi connectivity index (χ3n) is 3.35. The molecule has 1 atom stereocenters. The minimum absolute atomic E-state index is 0.469. The van der Waals surface area contributed by atoms with E-state index in [1.165, 1.54) is 0 Å². The number of para-hydroxylation sites is 1. The molecule has 1 unspecified atom stereocenters. The van der Waals surface area contributed by atoms with Crippen molar-refractivity contribution in [2.75, 3.05) is 11.9 Å². The van der Waals surface area contributed by atoms with E-state index in [1.54, 1.807) is 0 Å². The Balaban J connectivity index is 3.00. The van der Waals surface area contributed by atoms with Crippen LogP contribution in [0.15, 0.2) is 23.4 Å².